The first-order chi connectivity index (χ1) is 8.70. The van der Waals surface area contributed by atoms with E-state index >= 15 is 0 Å². The van der Waals surface area contributed by atoms with Crippen LogP contribution in [0.3, 0.4) is 0 Å². The molecule has 94 valence electrons. The average Bonchev–Trinajstić information content (AvgIpc) is 2.90. The van der Waals surface area contributed by atoms with Gasteiger partial charge in [-0.2, -0.15) is 0 Å². The Labute approximate surface area is 104 Å². The van der Waals surface area contributed by atoms with E-state index in [1.165, 1.54) is 13.3 Å². The summed E-state index contributed by atoms with van der Waals surface area (Å²) in [6.45, 7) is 0.477. The van der Waals surface area contributed by atoms with Gasteiger partial charge in [0.25, 0.3) is 0 Å². The van der Waals surface area contributed by atoms with Crippen molar-refractivity contribution >= 4 is 17.5 Å². The number of nitrogens with zero attached hydrogens (tertiary/aromatic N) is 1. The Morgan fingerprint density at radius 1 is 1.61 bits per heavy atom. The van der Waals surface area contributed by atoms with E-state index in [0.717, 1.165) is 5.76 Å². The Bertz CT molecular complexity index is 538. The van der Waals surface area contributed by atoms with Gasteiger partial charge in [-0.05, 0) is 18.2 Å². The summed E-state index contributed by atoms with van der Waals surface area (Å²) >= 11 is 0. The number of esters is 1. The first kappa shape index (κ1) is 12.0. The minimum absolute atomic E-state index is 0.283. The predicted octanol–water partition coefficient (Wildman–Crippen LogP) is 1.66. The van der Waals surface area contributed by atoms with Crippen molar-refractivity contribution in [3.05, 3.63) is 42.0 Å². The van der Waals surface area contributed by atoms with Crippen molar-refractivity contribution in [2.45, 2.75) is 6.54 Å². The Morgan fingerprint density at radius 2 is 2.44 bits per heavy atom. The number of nitrogens with two attached hydrogens (primary N) is 1. The van der Waals surface area contributed by atoms with E-state index in [9.17, 15) is 4.79 Å². The second kappa shape index (κ2) is 5.22. The monoisotopic (exact) mass is 247 g/mol. The third-order valence-corrected chi connectivity index (χ3v) is 2.36. The van der Waals surface area contributed by atoms with Gasteiger partial charge in [0.05, 0.1) is 37.4 Å². The summed E-state index contributed by atoms with van der Waals surface area (Å²) in [6, 6.07) is 5.18. The van der Waals surface area contributed by atoms with Crippen LogP contribution < -0.4 is 11.1 Å². The van der Waals surface area contributed by atoms with Gasteiger partial charge in [-0.25, -0.2) is 9.78 Å². The molecule has 18 heavy (non-hydrogen) atoms. The second-order valence-electron chi connectivity index (χ2n) is 3.58. The number of carbonyl (C=O) groups is 1. The zero-order chi connectivity index (χ0) is 13.0. The number of pyridine rings is 1. The average molecular weight is 247 g/mol. The first-order valence-electron chi connectivity index (χ1n) is 5.31. The van der Waals surface area contributed by atoms with Crippen LogP contribution in [-0.4, -0.2) is 18.1 Å². The maximum Gasteiger partial charge on any atom is 0.340 e. The molecule has 2 heterocycles. The lowest BCUT2D eigenvalue weighted by atomic mass is 10.2. The van der Waals surface area contributed by atoms with Crippen molar-refractivity contribution < 1.29 is 13.9 Å². The Balaban J connectivity index is 2.12. The topological polar surface area (TPSA) is 90.4 Å². The quantitative estimate of drug-likeness (QED) is 0.798. The van der Waals surface area contributed by atoms with Gasteiger partial charge in [0, 0.05) is 0 Å². The lowest BCUT2D eigenvalue weighted by Gasteiger charge is -2.07. The van der Waals surface area contributed by atoms with E-state index < -0.39 is 5.97 Å². The minimum Gasteiger partial charge on any atom is -0.467 e. The number of aromatic nitrogens is 1. The highest BCUT2D eigenvalue weighted by Gasteiger charge is 2.11. The molecule has 0 unspecified atom stereocenters. The molecule has 0 amide bonds. The summed E-state index contributed by atoms with van der Waals surface area (Å²) in [7, 11) is 1.30. The lowest BCUT2D eigenvalue weighted by molar-refractivity contribution is 0.0602. The van der Waals surface area contributed by atoms with Gasteiger partial charge in [0.2, 0.25) is 0 Å². The van der Waals surface area contributed by atoms with Crippen molar-refractivity contribution in [1.82, 2.24) is 4.98 Å². The van der Waals surface area contributed by atoms with Gasteiger partial charge < -0.3 is 20.2 Å². The number of hydrogen-bond acceptors (Lipinski definition) is 6. The number of nitrogen functional groups attached to an aromatic ring is 1. The van der Waals surface area contributed by atoms with Gasteiger partial charge in [-0.15, -0.1) is 0 Å². The van der Waals surface area contributed by atoms with Gasteiger partial charge in [0.15, 0.2) is 0 Å². The molecule has 0 saturated carbocycles. The fourth-order valence-electron chi connectivity index (χ4n) is 1.44. The summed E-state index contributed by atoms with van der Waals surface area (Å²) < 4.78 is 9.80. The maximum atomic E-state index is 11.4. The summed E-state index contributed by atoms with van der Waals surface area (Å²) in [5.41, 5.74) is 6.22. The lowest BCUT2D eigenvalue weighted by Crippen LogP contribution is -2.08. The molecule has 3 N–H and O–H groups in total. The van der Waals surface area contributed by atoms with Crippen LogP contribution in [0.2, 0.25) is 0 Å². The van der Waals surface area contributed by atoms with E-state index in [0.29, 0.717) is 12.4 Å². The molecule has 2 aromatic heterocycles. The maximum absolute atomic E-state index is 11.4. The molecule has 6 heteroatoms. The molecule has 0 saturated heterocycles. The van der Waals surface area contributed by atoms with Gasteiger partial charge in [0.1, 0.15) is 11.6 Å². The first-order valence-corrected chi connectivity index (χ1v) is 5.31. The number of hydrogen-bond donors (Lipinski definition) is 2. The van der Waals surface area contributed by atoms with Crippen LogP contribution in [-0.2, 0) is 11.3 Å². The summed E-state index contributed by atoms with van der Waals surface area (Å²) in [6.07, 6.45) is 3.00. The zero-order valence-electron chi connectivity index (χ0n) is 9.84. The molecule has 0 fully saturated rings. The highest BCUT2D eigenvalue weighted by atomic mass is 16.5. The molecular weight excluding hydrogens is 234 g/mol. The smallest absolute Gasteiger partial charge is 0.340 e. The number of furan rings is 1. The number of carbonyl (C=O) groups excluding carboxylic acids is 1. The van der Waals surface area contributed by atoms with Crippen molar-refractivity contribution in [2.75, 3.05) is 18.2 Å². The zero-order valence-corrected chi connectivity index (χ0v) is 9.84. The van der Waals surface area contributed by atoms with Crippen LogP contribution in [0.15, 0.2) is 35.1 Å². The highest BCUT2D eigenvalue weighted by Crippen LogP contribution is 2.16. The molecular formula is C12H13N3O3. The van der Waals surface area contributed by atoms with Crippen molar-refractivity contribution in [2.24, 2.45) is 0 Å². The Kier molecular flexibility index (Phi) is 3.47. The van der Waals surface area contributed by atoms with E-state index in [-0.39, 0.29) is 11.3 Å². The van der Waals surface area contributed by atoms with Crippen molar-refractivity contribution in [3.63, 3.8) is 0 Å². The molecule has 0 aromatic carbocycles. The fraction of sp³-hybridized carbons (Fsp3) is 0.167. The third-order valence-electron chi connectivity index (χ3n) is 2.36. The van der Waals surface area contributed by atoms with E-state index in [1.54, 1.807) is 18.4 Å². The van der Waals surface area contributed by atoms with Gasteiger partial charge in [-0.3, -0.25) is 0 Å². The molecule has 0 bridgehead atoms. The van der Waals surface area contributed by atoms with Gasteiger partial charge >= 0.3 is 5.97 Å². The Hall–Kier alpha value is -2.50. The number of nitrogens with one attached hydrogen (secondary N) is 1. The third kappa shape index (κ3) is 2.60. The van der Waals surface area contributed by atoms with Crippen LogP contribution >= 0.6 is 0 Å². The molecule has 0 aliphatic heterocycles. The van der Waals surface area contributed by atoms with Crippen molar-refractivity contribution in [3.8, 4) is 0 Å². The molecule has 0 spiro atoms. The number of ether oxygens (including phenoxy) is 1. The van der Waals surface area contributed by atoms with Crippen LogP contribution in [0.1, 0.15) is 16.1 Å². The van der Waals surface area contributed by atoms with Crippen molar-refractivity contribution in [1.29, 1.82) is 0 Å². The Morgan fingerprint density at radius 3 is 3.11 bits per heavy atom. The molecule has 0 aliphatic rings. The van der Waals surface area contributed by atoms with E-state index in [2.05, 4.69) is 15.0 Å². The molecule has 6 nitrogen and oxygen atoms in total. The normalized spacial score (nSPS) is 10.1. The fourth-order valence-corrected chi connectivity index (χ4v) is 1.44. The van der Waals surface area contributed by atoms with Crippen LogP contribution in [0.5, 0.6) is 0 Å². The molecule has 2 rings (SSSR count). The minimum atomic E-state index is -0.490. The van der Waals surface area contributed by atoms with Gasteiger partial charge in [-0.1, -0.05) is 0 Å². The standard InChI is InChI=1S/C12H13N3O3/c1-17-12(16)9-5-11(15-7-10(9)13)14-6-8-3-2-4-18-8/h2-5,7H,6,13H2,1H3,(H,14,15). The van der Waals surface area contributed by atoms with Crippen LogP contribution in [0.25, 0.3) is 0 Å². The molecule has 0 radical (unpaired) electrons. The molecule has 0 aliphatic carbocycles. The predicted molar refractivity (Wildman–Crippen MR) is 66.0 cm³/mol. The summed E-state index contributed by atoms with van der Waals surface area (Å²) in [5, 5.41) is 3.03. The summed E-state index contributed by atoms with van der Waals surface area (Å²) in [5.74, 6) is 0.810. The largest absolute Gasteiger partial charge is 0.467 e. The van der Waals surface area contributed by atoms with E-state index in [1.807, 2.05) is 6.07 Å². The molecule has 0 atom stereocenters. The summed E-state index contributed by atoms with van der Waals surface area (Å²) in [4.78, 5) is 15.5. The second-order valence-corrected chi connectivity index (χ2v) is 3.58. The van der Waals surface area contributed by atoms with E-state index in [4.69, 9.17) is 10.2 Å². The molecule has 2 aromatic rings. The van der Waals surface area contributed by atoms with Crippen LogP contribution in [0.4, 0.5) is 11.5 Å². The SMILES string of the molecule is COC(=O)c1cc(NCc2ccco2)ncc1N. The van der Waals surface area contributed by atoms with Crippen LogP contribution in [0, 0.1) is 0 Å². The highest BCUT2D eigenvalue weighted by molar-refractivity contribution is 5.95. The number of anilines is 2. The number of methoxy groups -OCH3 is 1. The number of rotatable bonds is 4.